The Labute approximate surface area is 169 Å². The predicted octanol–water partition coefficient (Wildman–Crippen LogP) is 2.22. The molecule has 1 aromatic rings. The Morgan fingerprint density at radius 3 is 2.38 bits per heavy atom. The molecule has 0 fully saturated rings. The first-order valence-electron chi connectivity index (χ1n) is 9.41. The molecule has 2 rings (SSSR count). The molecule has 1 heterocycles. The smallest absolute Gasteiger partial charge is 0.344 e. The fourth-order valence-electron chi connectivity index (χ4n) is 2.85. The van der Waals surface area contributed by atoms with Crippen LogP contribution in [0.3, 0.4) is 0 Å². The summed E-state index contributed by atoms with van der Waals surface area (Å²) in [5.41, 5.74) is 1.32. The number of carbonyl (C=O) groups excluding carboxylic acids is 3. The second-order valence-electron chi connectivity index (χ2n) is 6.02. The molecule has 0 radical (unpaired) electrons. The van der Waals surface area contributed by atoms with Crippen molar-refractivity contribution in [2.45, 2.75) is 33.7 Å². The Bertz CT molecular complexity index is 804. The van der Waals surface area contributed by atoms with Crippen molar-refractivity contribution in [3.05, 3.63) is 35.0 Å². The van der Waals surface area contributed by atoms with Gasteiger partial charge in [-0.05, 0) is 45.4 Å². The second kappa shape index (κ2) is 10.4. The molecule has 158 valence electrons. The fourth-order valence-corrected chi connectivity index (χ4v) is 2.85. The molecule has 2 amide bonds. The summed E-state index contributed by atoms with van der Waals surface area (Å²) >= 11 is 0. The van der Waals surface area contributed by atoms with Gasteiger partial charge in [0.1, 0.15) is 0 Å². The summed E-state index contributed by atoms with van der Waals surface area (Å²) in [4.78, 5) is 36.0. The first-order chi connectivity index (χ1) is 13.9. The molecule has 0 saturated carbocycles. The number of urea groups is 1. The molecule has 0 aromatic heterocycles. The molecule has 29 heavy (non-hydrogen) atoms. The highest BCUT2D eigenvalue weighted by molar-refractivity contribution is 5.95. The lowest BCUT2D eigenvalue weighted by Crippen LogP contribution is -2.45. The van der Waals surface area contributed by atoms with Crippen LogP contribution in [0, 0.1) is 0 Å². The molecule has 9 nitrogen and oxygen atoms in total. The molecule has 1 atom stereocenters. The fraction of sp³-hybridized carbons (Fsp3) is 0.450. The van der Waals surface area contributed by atoms with E-state index in [1.165, 1.54) is 0 Å². The molecular weight excluding hydrogens is 380 g/mol. The number of nitrogens with one attached hydrogen (secondary N) is 2. The van der Waals surface area contributed by atoms with Gasteiger partial charge >= 0.3 is 18.0 Å². The van der Waals surface area contributed by atoms with Crippen LogP contribution in [-0.2, 0) is 19.1 Å². The van der Waals surface area contributed by atoms with Gasteiger partial charge in [0.15, 0.2) is 18.1 Å². The number of carbonyl (C=O) groups is 3. The van der Waals surface area contributed by atoms with Crippen molar-refractivity contribution in [2.75, 3.05) is 26.4 Å². The number of rotatable bonds is 9. The van der Waals surface area contributed by atoms with E-state index in [9.17, 15) is 14.4 Å². The Morgan fingerprint density at radius 1 is 1.00 bits per heavy atom. The zero-order valence-electron chi connectivity index (χ0n) is 17.0. The Morgan fingerprint density at radius 2 is 1.72 bits per heavy atom. The third-order valence-electron chi connectivity index (χ3n) is 4.02. The quantitative estimate of drug-likeness (QED) is 0.605. The van der Waals surface area contributed by atoms with Gasteiger partial charge in [0.25, 0.3) is 0 Å². The minimum atomic E-state index is -0.721. The van der Waals surface area contributed by atoms with Crippen LogP contribution in [0.4, 0.5) is 4.79 Å². The van der Waals surface area contributed by atoms with E-state index in [-0.39, 0.29) is 19.8 Å². The largest absolute Gasteiger partial charge is 0.490 e. The van der Waals surface area contributed by atoms with Crippen molar-refractivity contribution in [1.82, 2.24) is 10.6 Å². The van der Waals surface area contributed by atoms with E-state index in [1.807, 2.05) is 6.92 Å². The van der Waals surface area contributed by atoms with E-state index in [0.29, 0.717) is 34.9 Å². The van der Waals surface area contributed by atoms with Gasteiger partial charge in [0.05, 0.1) is 31.4 Å². The lowest BCUT2D eigenvalue weighted by Gasteiger charge is -2.28. The third kappa shape index (κ3) is 5.63. The average molecular weight is 406 g/mol. The molecule has 1 aliphatic heterocycles. The molecule has 0 aliphatic carbocycles. The van der Waals surface area contributed by atoms with Gasteiger partial charge < -0.3 is 29.6 Å². The molecule has 2 N–H and O–H groups in total. The van der Waals surface area contributed by atoms with Gasteiger partial charge in [0, 0.05) is 5.70 Å². The van der Waals surface area contributed by atoms with E-state index in [0.717, 1.165) is 0 Å². The maximum atomic E-state index is 12.4. The summed E-state index contributed by atoms with van der Waals surface area (Å²) in [6.45, 7) is 7.43. The zero-order chi connectivity index (χ0) is 21.4. The number of ether oxygens (including phenoxy) is 4. The Hall–Kier alpha value is -3.23. The van der Waals surface area contributed by atoms with Gasteiger partial charge in [-0.25, -0.2) is 14.4 Å². The molecular formula is C20H26N2O7. The minimum Gasteiger partial charge on any atom is -0.490 e. The highest BCUT2D eigenvalue weighted by Crippen LogP contribution is 2.34. The van der Waals surface area contributed by atoms with Crippen LogP contribution < -0.4 is 20.1 Å². The number of allylic oxidation sites excluding steroid dienone is 1. The van der Waals surface area contributed by atoms with Crippen molar-refractivity contribution in [3.8, 4) is 11.5 Å². The molecule has 0 saturated heterocycles. The summed E-state index contributed by atoms with van der Waals surface area (Å²) in [6, 6.07) is 3.81. The van der Waals surface area contributed by atoms with Gasteiger partial charge in [0.2, 0.25) is 0 Å². The van der Waals surface area contributed by atoms with Crippen molar-refractivity contribution < 1.29 is 33.3 Å². The average Bonchev–Trinajstić information content (AvgIpc) is 2.67. The van der Waals surface area contributed by atoms with Crippen molar-refractivity contribution >= 4 is 18.0 Å². The number of amides is 2. The van der Waals surface area contributed by atoms with Crippen LogP contribution in [0.5, 0.6) is 11.5 Å². The number of hydrogen-bond donors (Lipinski definition) is 2. The van der Waals surface area contributed by atoms with Crippen molar-refractivity contribution in [2.24, 2.45) is 0 Å². The normalized spacial score (nSPS) is 15.9. The molecule has 0 spiro atoms. The lowest BCUT2D eigenvalue weighted by molar-refractivity contribution is -0.145. The van der Waals surface area contributed by atoms with Crippen LogP contribution in [0.25, 0.3) is 0 Å². The lowest BCUT2D eigenvalue weighted by atomic mass is 9.95. The first kappa shape index (κ1) is 22.1. The van der Waals surface area contributed by atoms with Crippen LogP contribution in [-0.4, -0.2) is 44.4 Å². The van der Waals surface area contributed by atoms with Crippen LogP contribution in [0.1, 0.15) is 39.3 Å². The van der Waals surface area contributed by atoms with Crippen molar-refractivity contribution in [3.63, 3.8) is 0 Å². The monoisotopic (exact) mass is 406 g/mol. The molecule has 1 aromatic carbocycles. The zero-order valence-corrected chi connectivity index (χ0v) is 17.0. The van der Waals surface area contributed by atoms with Gasteiger partial charge in [-0.1, -0.05) is 6.07 Å². The summed E-state index contributed by atoms with van der Waals surface area (Å²) in [5.74, 6) is -0.291. The summed E-state index contributed by atoms with van der Waals surface area (Å²) in [6.07, 6.45) is 0. The summed E-state index contributed by atoms with van der Waals surface area (Å²) in [7, 11) is 0. The molecule has 1 unspecified atom stereocenters. The standard InChI is InChI=1S/C20H26N2O7/c1-5-26-15-10-13(8-9-14(15)29-11-16(23)27-6-2)18-17(19(24)28-7-3)12(4)21-20(25)22-18/h8-10,18H,5-7,11H2,1-4H3,(H2,21,22,25). The molecule has 1 aliphatic rings. The van der Waals surface area contributed by atoms with E-state index in [4.69, 9.17) is 18.9 Å². The summed E-state index contributed by atoms with van der Waals surface area (Å²) in [5, 5.41) is 5.31. The van der Waals surface area contributed by atoms with Gasteiger partial charge in [-0.2, -0.15) is 0 Å². The topological polar surface area (TPSA) is 112 Å². The van der Waals surface area contributed by atoms with Crippen LogP contribution >= 0.6 is 0 Å². The van der Waals surface area contributed by atoms with E-state index in [2.05, 4.69) is 10.6 Å². The predicted molar refractivity (Wildman–Crippen MR) is 103 cm³/mol. The number of benzene rings is 1. The van der Waals surface area contributed by atoms with Gasteiger partial charge in [-0.15, -0.1) is 0 Å². The van der Waals surface area contributed by atoms with E-state index in [1.54, 1.807) is 39.0 Å². The SMILES string of the molecule is CCOC(=O)COc1ccc(C2NC(=O)NC(C)=C2C(=O)OCC)cc1OCC. The molecule has 9 heteroatoms. The van der Waals surface area contributed by atoms with Crippen LogP contribution in [0.15, 0.2) is 29.5 Å². The van der Waals surface area contributed by atoms with E-state index >= 15 is 0 Å². The maximum Gasteiger partial charge on any atom is 0.344 e. The Balaban J connectivity index is 2.35. The third-order valence-corrected chi connectivity index (χ3v) is 4.02. The Kier molecular flexibility index (Phi) is 7.88. The number of hydrogen-bond acceptors (Lipinski definition) is 7. The highest BCUT2D eigenvalue weighted by Gasteiger charge is 2.32. The first-order valence-corrected chi connectivity index (χ1v) is 9.41. The van der Waals surface area contributed by atoms with Gasteiger partial charge in [-0.3, -0.25) is 0 Å². The van der Waals surface area contributed by atoms with E-state index < -0.39 is 24.0 Å². The second-order valence-corrected chi connectivity index (χ2v) is 6.02. The summed E-state index contributed by atoms with van der Waals surface area (Å²) < 4.78 is 21.1. The maximum absolute atomic E-state index is 12.4. The highest BCUT2D eigenvalue weighted by atomic mass is 16.6. The minimum absolute atomic E-state index is 0.209. The molecule has 0 bridgehead atoms. The van der Waals surface area contributed by atoms with Crippen molar-refractivity contribution in [1.29, 1.82) is 0 Å². The van der Waals surface area contributed by atoms with Crippen LogP contribution in [0.2, 0.25) is 0 Å². The number of esters is 2.